The van der Waals surface area contributed by atoms with Crippen LogP contribution >= 0.6 is 0 Å². The number of nitrogens with zero attached hydrogens (tertiary/aromatic N) is 4. The molecule has 0 unspecified atom stereocenters. The van der Waals surface area contributed by atoms with Crippen molar-refractivity contribution in [1.82, 2.24) is 9.88 Å². The average molecular weight is 346 g/mol. The van der Waals surface area contributed by atoms with Crippen LogP contribution < -0.4 is 4.90 Å². The zero-order chi connectivity index (χ0) is 17.9. The molecule has 0 bridgehead atoms. The second kappa shape index (κ2) is 7.17. The van der Waals surface area contributed by atoms with E-state index in [9.17, 15) is 4.79 Å². The van der Waals surface area contributed by atoms with Gasteiger partial charge in [0.05, 0.1) is 11.5 Å². The molecular formula is C21H22N4O. The second-order valence-corrected chi connectivity index (χ2v) is 6.97. The van der Waals surface area contributed by atoms with E-state index in [1.165, 1.54) is 11.1 Å². The minimum Gasteiger partial charge on any atom is -0.353 e. The van der Waals surface area contributed by atoms with Crippen LogP contribution in [0.3, 0.4) is 0 Å². The molecule has 1 amide bonds. The van der Waals surface area contributed by atoms with Gasteiger partial charge in [-0.05, 0) is 42.5 Å². The molecule has 0 N–H and O–H groups in total. The normalized spacial score (nSPS) is 19.6. The monoisotopic (exact) mass is 346 g/mol. The van der Waals surface area contributed by atoms with Gasteiger partial charge in [0.2, 0.25) is 5.91 Å². The van der Waals surface area contributed by atoms with E-state index in [1.807, 2.05) is 17.0 Å². The Hall–Kier alpha value is -2.87. The summed E-state index contributed by atoms with van der Waals surface area (Å²) in [4.78, 5) is 21.6. The van der Waals surface area contributed by atoms with E-state index >= 15 is 0 Å². The molecule has 1 aliphatic carbocycles. The topological polar surface area (TPSA) is 60.2 Å². The van der Waals surface area contributed by atoms with E-state index in [-0.39, 0.29) is 11.8 Å². The molecule has 5 heteroatoms. The Kier molecular flexibility index (Phi) is 4.57. The van der Waals surface area contributed by atoms with Crippen molar-refractivity contribution < 1.29 is 4.79 Å². The predicted molar refractivity (Wildman–Crippen MR) is 99.9 cm³/mol. The number of hydrogen-bond donors (Lipinski definition) is 0. The lowest BCUT2D eigenvalue weighted by atomic mass is 9.82. The minimum absolute atomic E-state index is 0.0135. The molecular weight excluding hydrogens is 324 g/mol. The van der Waals surface area contributed by atoms with Gasteiger partial charge in [-0.3, -0.25) is 4.79 Å². The van der Waals surface area contributed by atoms with Crippen molar-refractivity contribution >= 4 is 11.7 Å². The summed E-state index contributed by atoms with van der Waals surface area (Å²) in [6.45, 7) is 3.00. The molecule has 0 spiro atoms. The van der Waals surface area contributed by atoms with Crippen molar-refractivity contribution in [2.24, 2.45) is 0 Å². The summed E-state index contributed by atoms with van der Waals surface area (Å²) in [7, 11) is 0. The summed E-state index contributed by atoms with van der Waals surface area (Å²) in [6.07, 6.45) is 4.72. The number of aryl methyl sites for hydroxylation is 1. The first-order valence-electron chi connectivity index (χ1n) is 9.24. The summed E-state index contributed by atoms with van der Waals surface area (Å²) < 4.78 is 0. The van der Waals surface area contributed by atoms with Gasteiger partial charge in [0, 0.05) is 32.4 Å². The Bertz CT molecular complexity index is 832. The Labute approximate surface area is 153 Å². The smallest absolute Gasteiger partial charge is 0.230 e. The number of nitriles is 1. The van der Waals surface area contributed by atoms with Crippen LogP contribution in [-0.2, 0) is 11.2 Å². The summed E-state index contributed by atoms with van der Waals surface area (Å²) in [5, 5.41) is 8.88. The molecule has 1 saturated heterocycles. The number of fused-ring (bicyclic) bond motifs is 1. The molecule has 1 fully saturated rings. The highest BCUT2D eigenvalue weighted by molar-refractivity contribution is 5.84. The van der Waals surface area contributed by atoms with E-state index < -0.39 is 0 Å². The van der Waals surface area contributed by atoms with E-state index in [1.54, 1.807) is 12.3 Å². The highest BCUT2D eigenvalue weighted by Gasteiger charge is 2.31. The number of pyridine rings is 1. The van der Waals surface area contributed by atoms with Gasteiger partial charge in [-0.1, -0.05) is 24.3 Å². The van der Waals surface area contributed by atoms with E-state index in [0.29, 0.717) is 5.56 Å². The van der Waals surface area contributed by atoms with E-state index in [2.05, 4.69) is 34.2 Å². The van der Waals surface area contributed by atoms with E-state index in [4.69, 9.17) is 5.26 Å². The molecule has 26 heavy (non-hydrogen) atoms. The van der Waals surface area contributed by atoms with Crippen molar-refractivity contribution in [3.05, 3.63) is 59.3 Å². The minimum atomic E-state index is 0.0135. The molecule has 1 aromatic heterocycles. The number of hydrogen-bond acceptors (Lipinski definition) is 4. The second-order valence-electron chi connectivity index (χ2n) is 6.97. The number of carbonyl (C=O) groups is 1. The number of anilines is 1. The highest BCUT2D eigenvalue weighted by Crippen LogP contribution is 2.33. The molecule has 1 aromatic carbocycles. The van der Waals surface area contributed by atoms with Gasteiger partial charge in [0.25, 0.3) is 0 Å². The molecule has 1 aliphatic heterocycles. The quantitative estimate of drug-likeness (QED) is 0.839. The van der Waals surface area contributed by atoms with Crippen LogP contribution in [-0.4, -0.2) is 42.0 Å². The molecule has 2 heterocycles. The fourth-order valence-electron chi connectivity index (χ4n) is 4.03. The molecule has 1 atom stereocenters. The predicted octanol–water partition coefficient (Wildman–Crippen LogP) is 2.72. The maximum atomic E-state index is 13.1. The number of rotatable bonds is 2. The molecule has 4 rings (SSSR count). The third-order valence-corrected chi connectivity index (χ3v) is 5.46. The number of aromatic nitrogens is 1. The van der Waals surface area contributed by atoms with Gasteiger partial charge in [-0.15, -0.1) is 0 Å². The number of carbonyl (C=O) groups excluding carboxylic acids is 1. The zero-order valence-electron chi connectivity index (χ0n) is 14.8. The fraction of sp³-hybridized carbons (Fsp3) is 0.381. The van der Waals surface area contributed by atoms with Gasteiger partial charge >= 0.3 is 0 Å². The number of benzene rings is 1. The van der Waals surface area contributed by atoms with Crippen LogP contribution in [0.1, 0.15) is 35.4 Å². The molecule has 0 saturated carbocycles. The number of piperazine rings is 1. The lowest BCUT2D eigenvalue weighted by Crippen LogP contribution is -2.50. The summed E-state index contributed by atoms with van der Waals surface area (Å²) in [5.41, 5.74) is 3.12. The van der Waals surface area contributed by atoms with Crippen molar-refractivity contribution in [2.75, 3.05) is 31.1 Å². The first kappa shape index (κ1) is 16.6. The number of amides is 1. The van der Waals surface area contributed by atoms with Crippen LogP contribution in [0.2, 0.25) is 0 Å². The average Bonchev–Trinajstić information content (AvgIpc) is 2.73. The van der Waals surface area contributed by atoms with Crippen LogP contribution in [0.5, 0.6) is 0 Å². The van der Waals surface area contributed by atoms with Crippen LogP contribution in [0.25, 0.3) is 0 Å². The lowest BCUT2D eigenvalue weighted by molar-refractivity contribution is -0.133. The molecule has 2 aliphatic rings. The summed E-state index contributed by atoms with van der Waals surface area (Å²) in [6, 6.07) is 14.1. The van der Waals surface area contributed by atoms with Gasteiger partial charge < -0.3 is 9.80 Å². The molecule has 132 valence electrons. The van der Waals surface area contributed by atoms with Crippen molar-refractivity contribution in [3.63, 3.8) is 0 Å². The fourth-order valence-corrected chi connectivity index (χ4v) is 4.03. The van der Waals surface area contributed by atoms with Crippen LogP contribution in [0, 0.1) is 11.3 Å². The van der Waals surface area contributed by atoms with Crippen LogP contribution in [0.4, 0.5) is 5.82 Å². The maximum Gasteiger partial charge on any atom is 0.230 e. The SMILES string of the molecule is N#Cc1ccc(N2CCN(C(=O)[C@@H]3CCCc4ccccc43)CC2)nc1. The maximum absolute atomic E-state index is 13.1. The van der Waals surface area contributed by atoms with Gasteiger partial charge in [0.15, 0.2) is 0 Å². The lowest BCUT2D eigenvalue weighted by Gasteiger charge is -2.38. The Morgan fingerprint density at radius 1 is 1.12 bits per heavy atom. The van der Waals surface area contributed by atoms with Crippen molar-refractivity contribution in [3.8, 4) is 6.07 Å². The third kappa shape index (κ3) is 3.15. The Morgan fingerprint density at radius 3 is 2.65 bits per heavy atom. The molecule has 0 radical (unpaired) electrons. The summed E-state index contributed by atoms with van der Waals surface area (Å²) >= 11 is 0. The van der Waals surface area contributed by atoms with E-state index in [0.717, 1.165) is 51.3 Å². The van der Waals surface area contributed by atoms with Crippen LogP contribution in [0.15, 0.2) is 42.6 Å². The van der Waals surface area contributed by atoms with Gasteiger partial charge in [-0.2, -0.15) is 5.26 Å². The molecule has 2 aromatic rings. The first-order valence-corrected chi connectivity index (χ1v) is 9.24. The van der Waals surface area contributed by atoms with Gasteiger partial charge in [0.1, 0.15) is 11.9 Å². The van der Waals surface area contributed by atoms with Crippen molar-refractivity contribution in [2.45, 2.75) is 25.2 Å². The standard InChI is InChI=1S/C21H22N4O/c22-14-16-8-9-20(23-15-16)24-10-12-25(13-11-24)21(26)19-7-3-5-17-4-1-2-6-18(17)19/h1-2,4,6,8-9,15,19H,3,5,7,10-13H2/t19-/m1/s1. The van der Waals surface area contributed by atoms with Crippen molar-refractivity contribution in [1.29, 1.82) is 5.26 Å². The Balaban J connectivity index is 1.42. The third-order valence-electron chi connectivity index (χ3n) is 5.46. The van der Waals surface area contributed by atoms with Gasteiger partial charge in [-0.25, -0.2) is 4.98 Å². The molecule has 5 nitrogen and oxygen atoms in total. The first-order chi connectivity index (χ1) is 12.8. The largest absolute Gasteiger partial charge is 0.353 e. The summed E-state index contributed by atoms with van der Waals surface area (Å²) in [5.74, 6) is 1.16. The highest BCUT2D eigenvalue weighted by atomic mass is 16.2. The Morgan fingerprint density at radius 2 is 1.92 bits per heavy atom. The zero-order valence-corrected chi connectivity index (χ0v) is 14.8.